The number of sulfone groups is 1. The molecule has 2 atom stereocenters. The van der Waals surface area contributed by atoms with Crippen LogP contribution in [0.2, 0.25) is 0 Å². The Morgan fingerprint density at radius 1 is 1.63 bits per heavy atom. The Morgan fingerprint density at radius 3 is 3.00 bits per heavy atom. The number of fused-ring (bicyclic) bond motifs is 1. The van der Waals surface area contributed by atoms with Crippen molar-refractivity contribution < 1.29 is 17.7 Å². The molecule has 19 heavy (non-hydrogen) atoms. The summed E-state index contributed by atoms with van der Waals surface area (Å²) < 4.78 is 30.3. The van der Waals surface area contributed by atoms with E-state index in [1.165, 1.54) is 11.3 Å². The second-order valence-corrected chi connectivity index (χ2v) is 8.87. The quantitative estimate of drug-likeness (QED) is 0.485. The van der Waals surface area contributed by atoms with Crippen LogP contribution in [0.5, 0.6) is 0 Å². The number of hydrogen-bond donors (Lipinski definition) is 2. The van der Waals surface area contributed by atoms with Crippen molar-refractivity contribution in [3.63, 3.8) is 0 Å². The normalized spacial score (nSPS) is 25.2. The number of rotatable bonds is 5. The molecular weight excluding hydrogens is 308 g/mol. The molecule has 0 aromatic carbocycles. The predicted octanol–water partition coefficient (Wildman–Crippen LogP) is 1.79. The van der Waals surface area contributed by atoms with Crippen LogP contribution in [-0.4, -0.2) is 20.2 Å². The number of thiophene rings is 1. The van der Waals surface area contributed by atoms with Gasteiger partial charge in [-0.15, -0.1) is 20.7 Å². The molecular formula is C10H16N2O4S3. The number of nitrogens with one attached hydrogen (secondary N) is 1. The molecule has 0 amide bonds. The van der Waals surface area contributed by atoms with Crippen LogP contribution in [0.25, 0.3) is 0 Å². The van der Waals surface area contributed by atoms with Crippen LogP contribution in [0, 0.1) is 0 Å². The van der Waals surface area contributed by atoms with Gasteiger partial charge in [0, 0.05) is 6.04 Å². The Kier molecular flexibility index (Phi) is 4.88. The fourth-order valence-corrected chi connectivity index (χ4v) is 6.30. The highest BCUT2D eigenvalue weighted by molar-refractivity contribution is 7.98. The maximum Gasteiger partial charge on any atom is 0.190 e. The van der Waals surface area contributed by atoms with E-state index < -0.39 is 9.84 Å². The molecule has 0 saturated heterocycles. The van der Waals surface area contributed by atoms with E-state index in [-0.39, 0.29) is 11.3 Å². The first kappa shape index (κ1) is 15.2. The van der Waals surface area contributed by atoms with Crippen molar-refractivity contribution in [1.82, 2.24) is 5.32 Å². The van der Waals surface area contributed by atoms with Gasteiger partial charge >= 0.3 is 0 Å². The molecule has 2 rings (SSSR count). The molecule has 3 N–H and O–H groups in total. The van der Waals surface area contributed by atoms with Crippen molar-refractivity contribution in [3.8, 4) is 0 Å². The third-order valence-electron chi connectivity index (χ3n) is 3.04. The van der Waals surface area contributed by atoms with E-state index in [2.05, 4.69) is 14.6 Å². The molecule has 0 saturated carbocycles. The van der Waals surface area contributed by atoms with Crippen molar-refractivity contribution in [1.29, 1.82) is 0 Å². The maximum absolute atomic E-state index is 12.3. The lowest BCUT2D eigenvalue weighted by atomic mass is 10.1. The topological polar surface area (TPSA) is 90.7 Å². The second-order valence-electron chi connectivity index (χ2n) is 4.26. The first-order valence-electron chi connectivity index (χ1n) is 5.81. The van der Waals surface area contributed by atoms with E-state index in [1.54, 1.807) is 6.92 Å². The van der Waals surface area contributed by atoms with E-state index in [1.807, 2.05) is 13.0 Å². The molecule has 1 aromatic rings. The molecule has 1 aliphatic rings. The summed E-state index contributed by atoms with van der Waals surface area (Å²) in [6, 6.07) is 1.88. The minimum absolute atomic E-state index is 0.0583. The Bertz CT molecular complexity index is 543. The lowest BCUT2D eigenvalue weighted by Gasteiger charge is -2.27. The van der Waals surface area contributed by atoms with Crippen LogP contribution in [0.3, 0.4) is 0 Å². The van der Waals surface area contributed by atoms with Crippen LogP contribution in [0.4, 0.5) is 0 Å². The Balaban J connectivity index is 2.39. The zero-order chi connectivity index (χ0) is 14.0. The minimum atomic E-state index is -3.24. The molecule has 1 aromatic heterocycles. The van der Waals surface area contributed by atoms with E-state index in [0.29, 0.717) is 14.8 Å². The lowest BCUT2D eigenvalue weighted by Crippen LogP contribution is -2.33. The minimum Gasteiger partial charge on any atom is -0.310 e. The summed E-state index contributed by atoms with van der Waals surface area (Å²) in [6.07, 6.45) is 0.582. The molecule has 0 aliphatic carbocycles. The van der Waals surface area contributed by atoms with Crippen LogP contribution < -0.4 is 11.2 Å². The van der Waals surface area contributed by atoms with Crippen molar-refractivity contribution in [2.45, 2.75) is 40.0 Å². The average molecular weight is 324 g/mol. The van der Waals surface area contributed by atoms with E-state index >= 15 is 0 Å². The first-order valence-corrected chi connectivity index (χ1v) is 8.92. The summed E-state index contributed by atoms with van der Waals surface area (Å²) in [6.45, 7) is 4.53. The molecule has 1 aliphatic heterocycles. The summed E-state index contributed by atoms with van der Waals surface area (Å²) in [4.78, 5) is 4.03. The van der Waals surface area contributed by atoms with E-state index in [9.17, 15) is 8.42 Å². The summed E-state index contributed by atoms with van der Waals surface area (Å²) >= 11 is 2.11. The standard InChI is InChI=1S/C10H16N2O4S3/c1-3-12-8-4-6(2)19(13,14)10-7(8)5-9(17-10)18-16-15-11/h5-6,8,12H,3-4,11H2,1-2H3/t6?,8-/m0/s1. The molecule has 0 radical (unpaired) electrons. The van der Waals surface area contributed by atoms with Crippen molar-refractivity contribution in [2.24, 2.45) is 5.90 Å². The molecule has 108 valence electrons. The van der Waals surface area contributed by atoms with Gasteiger partial charge in [-0.1, -0.05) is 6.92 Å². The van der Waals surface area contributed by atoms with Gasteiger partial charge in [-0.25, -0.2) is 8.42 Å². The van der Waals surface area contributed by atoms with Crippen LogP contribution in [-0.2, 0) is 19.2 Å². The zero-order valence-corrected chi connectivity index (χ0v) is 13.0. The Morgan fingerprint density at radius 2 is 2.37 bits per heavy atom. The highest BCUT2D eigenvalue weighted by Crippen LogP contribution is 2.44. The summed E-state index contributed by atoms with van der Waals surface area (Å²) in [5, 5.41) is 2.93. The van der Waals surface area contributed by atoms with Crippen molar-refractivity contribution >= 4 is 33.2 Å². The molecule has 0 spiro atoms. The van der Waals surface area contributed by atoms with Gasteiger partial charge in [0.25, 0.3) is 0 Å². The van der Waals surface area contributed by atoms with Crippen LogP contribution >= 0.6 is 23.4 Å². The predicted molar refractivity (Wildman–Crippen MR) is 74.2 cm³/mol. The maximum atomic E-state index is 12.3. The van der Waals surface area contributed by atoms with Crippen molar-refractivity contribution in [3.05, 3.63) is 11.6 Å². The van der Waals surface area contributed by atoms with Crippen LogP contribution in [0.1, 0.15) is 31.9 Å². The zero-order valence-electron chi connectivity index (χ0n) is 10.6. The molecule has 6 nitrogen and oxygen atoms in total. The largest absolute Gasteiger partial charge is 0.310 e. The van der Waals surface area contributed by atoms with Gasteiger partial charge in [0.15, 0.2) is 9.84 Å². The van der Waals surface area contributed by atoms with Crippen molar-refractivity contribution in [2.75, 3.05) is 6.54 Å². The molecule has 0 bridgehead atoms. The van der Waals surface area contributed by atoms with Gasteiger partial charge in [-0.2, -0.15) is 5.90 Å². The smallest absolute Gasteiger partial charge is 0.190 e. The van der Waals surface area contributed by atoms with Gasteiger partial charge < -0.3 is 5.32 Å². The highest BCUT2D eigenvalue weighted by Gasteiger charge is 2.38. The summed E-state index contributed by atoms with van der Waals surface area (Å²) in [5.41, 5.74) is 0.813. The molecule has 1 unspecified atom stereocenters. The fourth-order valence-electron chi connectivity index (χ4n) is 2.13. The summed E-state index contributed by atoms with van der Waals surface area (Å²) in [7, 11) is -3.24. The molecule has 0 fully saturated rings. The highest BCUT2D eigenvalue weighted by atomic mass is 32.2. The van der Waals surface area contributed by atoms with Crippen LogP contribution in [0.15, 0.2) is 14.5 Å². The van der Waals surface area contributed by atoms with Gasteiger partial charge in [-0.3, -0.25) is 0 Å². The SMILES string of the molecule is CCN[C@H]1CC(C)S(=O)(=O)c2sc(SOON)cc21. The van der Waals surface area contributed by atoms with E-state index in [4.69, 9.17) is 5.90 Å². The molecule has 9 heteroatoms. The molecule has 2 heterocycles. The Hall–Kier alpha value is -0.160. The Labute approximate surface area is 120 Å². The first-order chi connectivity index (χ1) is 9.00. The number of nitrogens with two attached hydrogens (primary N) is 1. The van der Waals surface area contributed by atoms with Gasteiger partial charge in [0.2, 0.25) is 0 Å². The fraction of sp³-hybridized carbons (Fsp3) is 0.600. The monoisotopic (exact) mass is 324 g/mol. The third kappa shape index (κ3) is 2.97. The van der Waals surface area contributed by atoms with E-state index in [0.717, 1.165) is 24.2 Å². The van der Waals surface area contributed by atoms with Gasteiger partial charge in [0.1, 0.15) is 4.21 Å². The average Bonchev–Trinajstić information content (AvgIpc) is 2.79. The van der Waals surface area contributed by atoms with Gasteiger partial charge in [-0.05, 0) is 31.5 Å². The number of hydrogen-bond acceptors (Lipinski definition) is 8. The van der Waals surface area contributed by atoms with Gasteiger partial charge in [0.05, 0.1) is 21.5 Å². The third-order valence-corrected chi connectivity index (χ3v) is 7.61. The lowest BCUT2D eigenvalue weighted by molar-refractivity contribution is -0.195. The second kappa shape index (κ2) is 6.08. The summed E-state index contributed by atoms with van der Waals surface area (Å²) in [5.74, 6) is 4.78.